The zero-order chi connectivity index (χ0) is 23.0. The van der Waals surface area contributed by atoms with Crippen molar-refractivity contribution in [1.29, 1.82) is 0 Å². The van der Waals surface area contributed by atoms with Gasteiger partial charge in [-0.05, 0) is 37.6 Å². The molecule has 0 saturated carbocycles. The number of fused-ring (bicyclic) bond motifs is 1. The third kappa shape index (κ3) is 4.22. The highest BCUT2D eigenvalue weighted by Crippen LogP contribution is 2.30. The second kappa shape index (κ2) is 8.55. The van der Waals surface area contributed by atoms with Crippen LogP contribution >= 0.6 is 0 Å². The number of hydrogen-bond donors (Lipinski definition) is 1. The van der Waals surface area contributed by atoms with E-state index in [1.165, 1.54) is 6.26 Å². The van der Waals surface area contributed by atoms with Gasteiger partial charge in [0.1, 0.15) is 0 Å². The number of nitrogens with zero attached hydrogens (tertiary/aromatic N) is 3. The summed E-state index contributed by atoms with van der Waals surface area (Å²) in [5, 5.41) is 3.87. The number of morpholine rings is 1. The van der Waals surface area contributed by atoms with Gasteiger partial charge >= 0.3 is 0 Å². The first kappa shape index (κ1) is 22.3. The maximum absolute atomic E-state index is 13.2. The van der Waals surface area contributed by atoms with Crippen LogP contribution in [0.1, 0.15) is 24.1 Å². The van der Waals surface area contributed by atoms with Crippen LogP contribution in [0.25, 0.3) is 10.9 Å². The fraction of sp³-hybridized carbons (Fsp3) is 0.391. The van der Waals surface area contributed by atoms with E-state index in [4.69, 9.17) is 9.72 Å². The summed E-state index contributed by atoms with van der Waals surface area (Å²) in [4.78, 5) is 20.4. The summed E-state index contributed by atoms with van der Waals surface area (Å²) in [7, 11) is -1.65. The fourth-order valence-electron chi connectivity index (χ4n) is 4.14. The van der Waals surface area contributed by atoms with Crippen LogP contribution in [0.2, 0.25) is 0 Å². The van der Waals surface area contributed by atoms with Crippen LogP contribution in [0.15, 0.2) is 46.1 Å². The van der Waals surface area contributed by atoms with E-state index >= 15 is 0 Å². The summed E-state index contributed by atoms with van der Waals surface area (Å²) in [5.74, 6) is 0.611. The number of ether oxygens (including phenoxy) is 1. The molecule has 0 bridgehead atoms. The Morgan fingerprint density at radius 2 is 1.84 bits per heavy atom. The molecular weight excluding hydrogens is 428 g/mol. The van der Waals surface area contributed by atoms with Crippen LogP contribution in [0.5, 0.6) is 0 Å². The average molecular weight is 457 g/mol. The van der Waals surface area contributed by atoms with Crippen molar-refractivity contribution in [2.75, 3.05) is 42.8 Å². The van der Waals surface area contributed by atoms with Gasteiger partial charge in [0.25, 0.3) is 5.56 Å². The highest BCUT2D eigenvalue weighted by Gasteiger charge is 2.22. The number of sulfone groups is 1. The van der Waals surface area contributed by atoms with E-state index in [2.05, 4.69) is 10.2 Å². The van der Waals surface area contributed by atoms with Crippen molar-refractivity contribution < 1.29 is 13.2 Å². The Labute approximate surface area is 187 Å². The van der Waals surface area contributed by atoms with Crippen molar-refractivity contribution in [3.63, 3.8) is 0 Å². The molecular formula is C23H28N4O4S. The zero-order valence-electron chi connectivity index (χ0n) is 18.8. The first-order chi connectivity index (χ1) is 15.2. The highest BCUT2D eigenvalue weighted by atomic mass is 32.2. The Hall–Kier alpha value is -2.91. The monoisotopic (exact) mass is 456 g/mol. The molecule has 4 rings (SSSR count). The Bertz CT molecular complexity index is 1330. The maximum Gasteiger partial charge on any atom is 0.262 e. The Balaban J connectivity index is 1.84. The van der Waals surface area contributed by atoms with Gasteiger partial charge in [0, 0.05) is 32.0 Å². The molecule has 0 aliphatic carbocycles. The number of aromatic nitrogens is 2. The minimum absolute atomic E-state index is 0.106. The number of benzene rings is 2. The molecule has 2 aromatic carbocycles. The molecule has 0 spiro atoms. The zero-order valence-corrected chi connectivity index (χ0v) is 19.6. The third-order valence-corrected chi connectivity index (χ3v) is 6.90. The van der Waals surface area contributed by atoms with Gasteiger partial charge in [-0.15, -0.1) is 0 Å². The quantitative estimate of drug-likeness (QED) is 0.631. The summed E-state index contributed by atoms with van der Waals surface area (Å²) < 4.78 is 31.5. The molecule has 1 aliphatic heterocycles. The van der Waals surface area contributed by atoms with Gasteiger partial charge in [0.05, 0.1) is 40.7 Å². The topological polar surface area (TPSA) is 93.5 Å². The second-order valence-electron chi connectivity index (χ2n) is 8.26. The van der Waals surface area contributed by atoms with Gasteiger partial charge in [0.2, 0.25) is 5.95 Å². The molecule has 1 saturated heterocycles. The van der Waals surface area contributed by atoms with E-state index in [-0.39, 0.29) is 16.5 Å². The smallest absolute Gasteiger partial charge is 0.262 e. The first-order valence-corrected chi connectivity index (χ1v) is 12.5. The standard InChI is InChI=1S/C23H28N4O4S/c1-15-13-17(16(2)24-19-7-5-6-8-20(19)32(4,29)30)21-18(14-15)22(28)26(3)23(25-21)27-9-11-31-12-10-27/h5-8,13-14,16,24H,9-12H2,1-4H3. The lowest BCUT2D eigenvalue weighted by Crippen LogP contribution is -2.40. The third-order valence-electron chi connectivity index (χ3n) is 5.75. The number of hydrogen-bond acceptors (Lipinski definition) is 7. The predicted molar refractivity (Wildman–Crippen MR) is 126 cm³/mol. The second-order valence-corrected chi connectivity index (χ2v) is 10.2. The van der Waals surface area contributed by atoms with E-state index in [9.17, 15) is 13.2 Å². The molecule has 0 radical (unpaired) electrons. The lowest BCUT2D eigenvalue weighted by molar-refractivity contribution is 0.121. The van der Waals surface area contributed by atoms with E-state index in [0.29, 0.717) is 48.8 Å². The van der Waals surface area contributed by atoms with Gasteiger partial charge in [-0.1, -0.05) is 18.2 Å². The van der Waals surface area contributed by atoms with E-state index in [0.717, 1.165) is 11.1 Å². The number of rotatable bonds is 5. The average Bonchev–Trinajstić information content (AvgIpc) is 2.76. The Morgan fingerprint density at radius 1 is 1.16 bits per heavy atom. The molecule has 2 heterocycles. The van der Waals surface area contributed by atoms with Crippen molar-refractivity contribution >= 4 is 32.4 Å². The largest absolute Gasteiger partial charge is 0.378 e. The minimum Gasteiger partial charge on any atom is -0.378 e. The van der Waals surface area contributed by atoms with E-state index in [1.54, 1.807) is 35.9 Å². The molecule has 1 N–H and O–H groups in total. The Morgan fingerprint density at radius 3 is 2.53 bits per heavy atom. The summed E-state index contributed by atoms with van der Waals surface area (Å²) in [6, 6.07) is 10.4. The molecule has 1 unspecified atom stereocenters. The maximum atomic E-state index is 13.2. The molecule has 1 aromatic heterocycles. The molecule has 1 atom stereocenters. The molecule has 9 heteroatoms. The van der Waals surface area contributed by atoms with Crippen molar-refractivity contribution in [2.24, 2.45) is 7.05 Å². The number of para-hydroxylation sites is 1. The van der Waals surface area contributed by atoms with Gasteiger partial charge in [-0.25, -0.2) is 13.4 Å². The van der Waals surface area contributed by atoms with Gasteiger partial charge < -0.3 is 15.0 Å². The summed E-state index contributed by atoms with van der Waals surface area (Å²) >= 11 is 0. The van der Waals surface area contributed by atoms with Crippen LogP contribution in [-0.4, -0.2) is 50.5 Å². The molecule has 32 heavy (non-hydrogen) atoms. The molecule has 3 aromatic rings. The van der Waals surface area contributed by atoms with Crippen LogP contribution in [0.4, 0.5) is 11.6 Å². The first-order valence-electron chi connectivity index (χ1n) is 10.6. The van der Waals surface area contributed by atoms with Crippen molar-refractivity contribution in [3.8, 4) is 0 Å². The Kier molecular flexibility index (Phi) is 5.96. The van der Waals surface area contributed by atoms with Crippen molar-refractivity contribution in [2.45, 2.75) is 24.8 Å². The lowest BCUT2D eigenvalue weighted by atomic mass is 10.0. The van der Waals surface area contributed by atoms with Crippen LogP contribution in [0, 0.1) is 6.92 Å². The SMILES string of the molecule is Cc1cc(C(C)Nc2ccccc2S(C)(=O)=O)c2nc(N3CCOCC3)n(C)c(=O)c2c1. The van der Waals surface area contributed by atoms with Crippen molar-refractivity contribution in [1.82, 2.24) is 9.55 Å². The number of aryl methyl sites for hydroxylation is 1. The molecule has 170 valence electrons. The highest BCUT2D eigenvalue weighted by molar-refractivity contribution is 7.90. The normalized spacial score (nSPS) is 15.7. The lowest BCUT2D eigenvalue weighted by Gasteiger charge is -2.29. The number of nitrogens with one attached hydrogen (secondary N) is 1. The van der Waals surface area contributed by atoms with E-state index in [1.807, 2.05) is 26.0 Å². The molecule has 0 amide bonds. The minimum atomic E-state index is -3.40. The van der Waals surface area contributed by atoms with Crippen LogP contribution < -0.4 is 15.8 Å². The van der Waals surface area contributed by atoms with Gasteiger partial charge in [-0.3, -0.25) is 9.36 Å². The number of anilines is 2. The molecule has 1 aliphatic rings. The fourth-order valence-corrected chi connectivity index (χ4v) is 4.99. The predicted octanol–water partition coefficient (Wildman–Crippen LogP) is 2.66. The summed E-state index contributed by atoms with van der Waals surface area (Å²) in [6.07, 6.45) is 1.19. The van der Waals surface area contributed by atoms with Gasteiger partial charge in [0.15, 0.2) is 9.84 Å². The van der Waals surface area contributed by atoms with E-state index < -0.39 is 9.84 Å². The summed E-state index contributed by atoms with van der Waals surface area (Å²) in [6.45, 7) is 6.41. The molecule has 8 nitrogen and oxygen atoms in total. The van der Waals surface area contributed by atoms with Crippen molar-refractivity contribution in [3.05, 3.63) is 57.9 Å². The van der Waals surface area contributed by atoms with Crippen LogP contribution in [0.3, 0.4) is 0 Å². The van der Waals surface area contributed by atoms with Gasteiger partial charge in [-0.2, -0.15) is 0 Å². The molecule has 1 fully saturated rings. The van der Waals surface area contributed by atoms with Crippen LogP contribution in [-0.2, 0) is 21.6 Å². The summed E-state index contributed by atoms with van der Waals surface area (Å²) in [5.41, 5.74) is 2.82.